The molecule has 0 radical (unpaired) electrons. The number of anilines is 1. The number of aromatic nitrogens is 1. The first-order valence-corrected chi connectivity index (χ1v) is 10.8. The molecule has 1 aromatic heterocycles. The summed E-state index contributed by atoms with van der Waals surface area (Å²) in [6, 6.07) is 13.0. The van der Waals surface area contributed by atoms with Gasteiger partial charge in [0.15, 0.2) is 11.5 Å². The number of likely N-dealkylation sites (N-methyl/N-ethyl adjacent to an activating group) is 1. The Morgan fingerprint density at radius 3 is 2.58 bits per heavy atom. The van der Waals surface area contributed by atoms with Crippen LogP contribution in [0.4, 0.5) is 5.69 Å². The maximum absolute atomic E-state index is 12.4. The summed E-state index contributed by atoms with van der Waals surface area (Å²) in [6.07, 6.45) is 3.09. The number of carbonyl (C=O) groups is 2. The summed E-state index contributed by atoms with van der Waals surface area (Å²) >= 11 is 1.51. The number of carbonyl (C=O) groups excluding carboxylic acids is 2. The molecule has 0 aliphatic carbocycles. The Hall–Kier alpha value is -3.39. The van der Waals surface area contributed by atoms with Crippen LogP contribution in [0.25, 0.3) is 16.3 Å². The van der Waals surface area contributed by atoms with Gasteiger partial charge in [0, 0.05) is 24.9 Å². The molecular formula is C23H25N3O4S. The van der Waals surface area contributed by atoms with E-state index in [9.17, 15) is 9.59 Å². The van der Waals surface area contributed by atoms with E-state index in [1.165, 1.54) is 22.3 Å². The number of ether oxygens (including phenoxy) is 2. The Bertz CT molecular complexity index is 1060. The molecule has 0 fully saturated rings. The van der Waals surface area contributed by atoms with Crippen LogP contribution in [0, 0.1) is 0 Å². The highest BCUT2D eigenvalue weighted by atomic mass is 32.1. The number of nitrogens with zero attached hydrogens (tertiary/aromatic N) is 2. The lowest BCUT2D eigenvalue weighted by atomic mass is 10.2. The molecule has 31 heavy (non-hydrogen) atoms. The minimum absolute atomic E-state index is 0.0831. The van der Waals surface area contributed by atoms with Gasteiger partial charge in [0.05, 0.1) is 30.0 Å². The molecule has 0 aliphatic heterocycles. The maximum atomic E-state index is 12.4. The molecule has 3 aromatic rings. The van der Waals surface area contributed by atoms with E-state index in [0.717, 1.165) is 15.2 Å². The van der Waals surface area contributed by atoms with E-state index in [-0.39, 0.29) is 18.4 Å². The van der Waals surface area contributed by atoms with E-state index in [4.69, 9.17) is 9.47 Å². The number of hydrogen-bond donors (Lipinski definition) is 1. The van der Waals surface area contributed by atoms with Gasteiger partial charge in [-0.05, 0) is 44.2 Å². The lowest BCUT2D eigenvalue weighted by Crippen LogP contribution is -2.33. The quantitative estimate of drug-likeness (QED) is 0.505. The number of amides is 2. The topological polar surface area (TPSA) is 80.8 Å². The zero-order valence-electron chi connectivity index (χ0n) is 17.8. The van der Waals surface area contributed by atoms with Crippen LogP contribution < -0.4 is 14.8 Å². The average molecular weight is 440 g/mol. The average Bonchev–Trinajstić information content (AvgIpc) is 3.17. The standard InChI is InChI=1S/C23H25N3O4S/c1-4-29-18-11-10-16(14-19(18)30-5-2)24-21(27)15-26(3)23(28)13-12-22-25-17-8-6-7-9-20(17)31-22/h6-14H,4-5,15H2,1-3H3,(H,24,27)/b13-12+. The van der Waals surface area contributed by atoms with E-state index in [0.29, 0.717) is 30.4 Å². The molecule has 0 unspecified atom stereocenters. The molecule has 0 bridgehead atoms. The van der Waals surface area contributed by atoms with Crippen molar-refractivity contribution in [3.8, 4) is 11.5 Å². The number of fused-ring (bicyclic) bond motifs is 1. The number of thiazole rings is 1. The lowest BCUT2D eigenvalue weighted by molar-refractivity contribution is -0.129. The summed E-state index contributed by atoms with van der Waals surface area (Å²) in [5.74, 6) is 0.590. The van der Waals surface area contributed by atoms with Crippen molar-refractivity contribution >= 4 is 45.1 Å². The van der Waals surface area contributed by atoms with Gasteiger partial charge in [-0.25, -0.2) is 4.98 Å². The van der Waals surface area contributed by atoms with E-state index in [1.807, 2.05) is 38.1 Å². The summed E-state index contributed by atoms with van der Waals surface area (Å²) in [6.45, 7) is 4.69. The molecule has 0 saturated heterocycles. The van der Waals surface area contributed by atoms with Gasteiger partial charge < -0.3 is 19.7 Å². The first-order chi connectivity index (χ1) is 15.0. The molecule has 2 amide bonds. The molecule has 8 heteroatoms. The molecule has 0 atom stereocenters. The van der Waals surface area contributed by atoms with Crippen LogP contribution in [0.1, 0.15) is 18.9 Å². The zero-order valence-corrected chi connectivity index (χ0v) is 18.6. The minimum Gasteiger partial charge on any atom is -0.490 e. The third-order valence-electron chi connectivity index (χ3n) is 4.26. The molecular weight excluding hydrogens is 414 g/mol. The van der Waals surface area contributed by atoms with Crippen molar-refractivity contribution in [2.24, 2.45) is 0 Å². The van der Waals surface area contributed by atoms with Crippen molar-refractivity contribution in [1.29, 1.82) is 0 Å². The third kappa shape index (κ3) is 6.05. The number of nitrogens with one attached hydrogen (secondary N) is 1. The zero-order chi connectivity index (χ0) is 22.2. The minimum atomic E-state index is -0.309. The monoisotopic (exact) mass is 439 g/mol. The number of rotatable bonds is 9. The number of para-hydroxylation sites is 1. The van der Waals surface area contributed by atoms with Crippen molar-refractivity contribution in [3.05, 3.63) is 53.5 Å². The second kappa shape index (κ2) is 10.6. The highest BCUT2D eigenvalue weighted by Gasteiger charge is 2.13. The molecule has 162 valence electrons. The predicted molar refractivity (Wildman–Crippen MR) is 124 cm³/mol. The lowest BCUT2D eigenvalue weighted by Gasteiger charge is -2.16. The van der Waals surface area contributed by atoms with Crippen molar-refractivity contribution in [2.45, 2.75) is 13.8 Å². The molecule has 1 heterocycles. The second-order valence-electron chi connectivity index (χ2n) is 6.62. The third-order valence-corrected chi connectivity index (χ3v) is 5.26. The normalized spacial score (nSPS) is 10.9. The highest BCUT2D eigenvalue weighted by molar-refractivity contribution is 7.19. The van der Waals surface area contributed by atoms with Gasteiger partial charge >= 0.3 is 0 Å². The molecule has 2 aromatic carbocycles. The summed E-state index contributed by atoms with van der Waals surface area (Å²) in [5.41, 5.74) is 1.47. The number of benzene rings is 2. The Labute approximate surface area is 185 Å². The van der Waals surface area contributed by atoms with E-state index in [1.54, 1.807) is 31.3 Å². The van der Waals surface area contributed by atoms with Gasteiger partial charge in [0.2, 0.25) is 11.8 Å². The van der Waals surface area contributed by atoms with Gasteiger partial charge in [0.1, 0.15) is 5.01 Å². The Balaban J connectivity index is 1.58. The smallest absolute Gasteiger partial charge is 0.246 e. The highest BCUT2D eigenvalue weighted by Crippen LogP contribution is 2.30. The fourth-order valence-electron chi connectivity index (χ4n) is 2.85. The fraction of sp³-hybridized carbons (Fsp3) is 0.261. The Morgan fingerprint density at radius 1 is 1.10 bits per heavy atom. The first kappa shape index (κ1) is 22.3. The largest absolute Gasteiger partial charge is 0.490 e. The first-order valence-electron chi connectivity index (χ1n) is 9.98. The van der Waals surface area contributed by atoms with Crippen LogP contribution in [0.5, 0.6) is 11.5 Å². The van der Waals surface area contributed by atoms with E-state index < -0.39 is 0 Å². The molecule has 3 rings (SSSR count). The summed E-state index contributed by atoms with van der Waals surface area (Å²) in [7, 11) is 1.58. The summed E-state index contributed by atoms with van der Waals surface area (Å²) in [5, 5.41) is 3.53. The molecule has 0 aliphatic rings. The predicted octanol–water partition coefficient (Wildman–Crippen LogP) is 4.20. The molecule has 0 spiro atoms. The van der Waals surface area contributed by atoms with Crippen LogP contribution in [-0.4, -0.2) is 48.5 Å². The maximum Gasteiger partial charge on any atom is 0.246 e. The van der Waals surface area contributed by atoms with Crippen LogP contribution >= 0.6 is 11.3 Å². The number of hydrogen-bond acceptors (Lipinski definition) is 6. The van der Waals surface area contributed by atoms with Crippen molar-refractivity contribution in [2.75, 3.05) is 32.1 Å². The van der Waals surface area contributed by atoms with Crippen molar-refractivity contribution < 1.29 is 19.1 Å². The van der Waals surface area contributed by atoms with Crippen molar-refractivity contribution in [1.82, 2.24) is 9.88 Å². The van der Waals surface area contributed by atoms with E-state index in [2.05, 4.69) is 10.3 Å². The molecule has 0 saturated carbocycles. The van der Waals surface area contributed by atoms with Crippen LogP contribution in [0.3, 0.4) is 0 Å². The van der Waals surface area contributed by atoms with Crippen LogP contribution in [0.15, 0.2) is 48.5 Å². The van der Waals surface area contributed by atoms with Gasteiger partial charge in [-0.2, -0.15) is 0 Å². The summed E-state index contributed by atoms with van der Waals surface area (Å²) < 4.78 is 12.2. The Morgan fingerprint density at radius 2 is 1.84 bits per heavy atom. The Kier molecular flexibility index (Phi) is 7.61. The van der Waals surface area contributed by atoms with Gasteiger partial charge in [-0.1, -0.05) is 12.1 Å². The molecule has 7 nitrogen and oxygen atoms in total. The van der Waals surface area contributed by atoms with E-state index >= 15 is 0 Å². The fourth-order valence-corrected chi connectivity index (χ4v) is 3.72. The van der Waals surface area contributed by atoms with Crippen LogP contribution in [-0.2, 0) is 9.59 Å². The SMILES string of the molecule is CCOc1ccc(NC(=O)CN(C)C(=O)/C=C/c2nc3ccccc3s2)cc1OCC. The molecule has 1 N–H and O–H groups in total. The second-order valence-corrected chi connectivity index (χ2v) is 7.69. The van der Waals surface area contributed by atoms with Crippen molar-refractivity contribution in [3.63, 3.8) is 0 Å². The summed E-state index contributed by atoms with van der Waals surface area (Å²) in [4.78, 5) is 30.6. The van der Waals surface area contributed by atoms with Gasteiger partial charge in [-0.3, -0.25) is 9.59 Å². The van der Waals surface area contributed by atoms with Crippen LogP contribution in [0.2, 0.25) is 0 Å². The van der Waals surface area contributed by atoms with Gasteiger partial charge in [0.25, 0.3) is 0 Å². The van der Waals surface area contributed by atoms with Gasteiger partial charge in [-0.15, -0.1) is 11.3 Å².